The Morgan fingerprint density at radius 3 is 2.69 bits per heavy atom. The fraction of sp³-hybridized carbons (Fsp3) is 0.300. The molecule has 0 unspecified atom stereocenters. The number of carbonyl (C=O) groups is 2. The summed E-state index contributed by atoms with van der Waals surface area (Å²) in [6.45, 7) is 3.02. The minimum absolute atomic E-state index is 0.0704. The third-order valence-corrected chi connectivity index (χ3v) is 4.42. The van der Waals surface area contributed by atoms with Crippen molar-refractivity contribution in [2.24, 2.45) is 5.92 Å². The van der Waals surface area contributed by atoms with Crippen molar-refractivity contribution >= 4 is 23.3 Å². The lowest BCUT2D eigenvalue weighted by molar-refractivity contribution is -0.117. The van der Waals surface area contributed by atoms with Crippen LogP contribution in [0.1, 0.15) is 12.0 Å². The topological polar surface area (TPSA) is 70.7 Å². The monoisotopic (exact) mass is 353 g/mol. The Balaban J connectivity index is 1.51. The fourth-order valence-electron chi connectivity index (χ4n) is 3.07. The second kappa shape index (κ2) is 7.91. The van der Waals surface area contributed by atoms with Gasteiger partial charge < -0.3 is 20.3 Å². The number of ether oxygens (including phenoxy) is 1. The lowest BCUT2D eigenvalue weighted by Gasteiger charge is -2.17. The summed E-state index contributed by atoms with van der Waals surface area (Å²) in [5.41, 5.74) is 2.69. The number of anilines is 2. The summed E-state index contributed by atoms with van der Waals surface area (Å²) in [6.07, 6.45) is 0.427. The maximum Gasteiger partial charge on any atom is 0.319 e. The van der Waals surface area contributed by atoms with Gasteiger partial charge in [-0.3, -0.25) is 4.79 Å². The fourth-order valence-corrected chi connectivity index (χ4v) is 3.07. The van der Waals surface area contributed by atoms with Crippen LogP contribution in [0.5, 0.6) is 5.75 Å². The smallest absolute Gasteiger partial charge is 0.319 e. The van der Waals surface area contributed by atoms with E-state index in [1.54, 1.807) is 12.0 Å². The molecular formula is C20H23N3O3. The molecule has 0 bridgehead atoms. The molecule has 0 spiro atoms. The minimum atomic E-state index is -0.258. The number of rotatable bonds is 5. The number of urea groups is 1. The second-order valence-electron chi connectivity index (χ2n) is 6.48. The van der Waals surface area contributed by atoms with Crippen LogP contribution < -0.4 is 20.3 Å². The third-order valence-electron chi connectivity index (χ3n) is 4.42. The molecule has 3 amide bonds. The van der Waals surface area contributed by atoms with Crippen molar-refractivity contribution in [3.63, 3.8) is 0 Å². The van der Waals surface area contributed by atoms with Crippen LogP contribution in [-0.4, -0.2) is 32.1 Å². The Hall–Kier alpha value is -3.02. The Morgan fingerprint density at radius 2 is 2.00 bits per heavy atom. The van der Waals surface area contributed by atoms with Crippen LogP contribution in [0.2, 0.25) is 0 Å². The van der Waals surface area contributed by atoms with Gasteiger partial charge in [-0.15, -0.1) is 0 Å². The lowest BCUT2D eigenvalue weighted by atomic mass is 10.1. The van der Waals surface area contributed by atoms with E-state index < -0.39 is 0 Å². The van der Waals surface area contributed by atoms with E-state index >= 15 is 0 Å². The van der Waals surface area contributed by atoms with Crippen molar-refractivity contribution in [2.75, 3.05) is 30.4 Å². The molecule has 6 heteroatoms. The first kappa shape index (κ1) is 17.8. The van der Waals surface area contributed by atoms with Crippen LogP contribution in [0.3, 0.4) is 0 Å². The van der Waals surface area contributed by atoms with Crippen LogP contribution in [0.15, 0.2) is 48.5 Å². The number of nitrogens with one attached hydrogen (secondary N) is 2. The SMILES string of the molecule is COc1ccc(N2C[C@H](CNC(=O)Nc3cccc(C)c3)CC2=O)cc1. The molecule has 26 heavy (non-hydrogen) atoms. The van der Waals surface area contributed by atoms with E-state index in [-0.39, 0.29) is 17.9 Å². The van der Waals surface area contributed by atoms with Crippen molar-refractivity contribution < 1.29 is 14.3 Å². The molecule has 0 saturated carbocycles. The third kappa shape index (κ3) is 4.33. The zero-order valence-electron chi connectivity index (χ0n) is 15.0. The molecule has 1 atom stereocenters. The summed E-state index contributed by atoms with van der Waals surface area (Å²) in [6, 6.07) is 14.8. The van der Waals surface area contributed by atoms with Gasteiger partial charge in [-0.05, 0) is 48.9 Å². The van der Waals surface area contributed by atoms with Gasteiger partial charge in [-0.1, -0.05) is 12.1 Å². The number of benzene rings is 2. The quantitative estimate of drug-likeness (QED) is 0.867. The molecule has 0 aliphatic carbocycles. The Morgan fingerprint density at radius 1 is 1.23 bits per heavy atom. The molecule has 2 N–H and O–H groups in total. The zero-order chi connectivity index (χ0) is 18.5. The van der Waals surface area contributed by atoms with E-state index in [0.29, 0.717) is 19.5 Å². The predicted molar refractivity (Wildman–Crippen MR) is 102 cm³/mol. The van der Waals surface area contributed by atoms with Gasteiger partial charge in [0.2, 0.25) is 5.91 Å². The van der Waals surface area contributed by atoms with Gasteiger partial charge in [0.1, 0.15) is 5.75 Å². The average molecular weight is 353 g/mol. The Labute approximate surface area is 153 Å². The largest absolute Gasteiger partial charge is 0.497 e. The normalized spacial score (nSPS) is 16.5. The predicted octanol–water partition coefficient (Wildman–Crippen LogP) is 3.18. The molecule has 6 nitrogen and oxygen atoms in total. The molecular weight excluding hydrogens is 330 g/mol. The highest BCUT2D eigenvalue weighted by Crippen LogP contribution is 2.26. The van der Waals surface area contributed by atoms with Gasteiger partial charge in [0.25, 0.3) is 0 Å². The molecule has 1 heterocycles. The highest BCUT2D eigenvalue weighted by Gasteiger charge is 2.30. The molecule has 1 aliphatic heterocycles. The van der Waals surface area contributed by atoms with Crippen LogP contribution in [0.25, 0.3) is 0 Å². The number of aryl methyl sites for hydroxylation is 1. The number of hydrogen-bond donors (Lipinski definition) is 2. The zero-order valence-corrected chi connectivity index (χ0v) is 15.0. The van der Waals surface area contributed by atoms with Crippen LogP contribution in [-0.2, 0) is 4.79 Å². The molecule has 3 rings (SSSR count). The van der Waals surface area contributed by atoms with Crippen molar-refractivity contribution in [1.82, 2.24) is 5.32 Å². The summed E-state index contributed by atoms with van der Waals surface area (Å²) >= 11 is 0. The van der Waals surface area contributed by atoms with Gasteiger partial charge in [-0.25, -0.2) is 4.79 Å². The minimum Gasteiger partial charge on any atom is -0.497 e. The van der Waals surface area contributed by atoms with Crippen molar-refractivity contribution in [3.05, 3.63) is 54.1 Å². The van der Waals surface area contributed by atoms with Crippen LogP contribution in [0.4, 0.5) is 16.2 Å². The molecule has 2 aromatic rings. The highest BCUT2D eigenvalue weighted by molar-refractivity contribution is 5.96. The summed E-state index contributed by atoms with van der Waals surface area (Å²) in [5.74, 6) is 0.917. The summed E-state index contributed by atoms with van der Waals surface area (Å²) < 4.78 is 5.14. The lowest BCUT2D eigenvalue weighted by Crippen LogP contribution is -2.34. The van der Waals surface area contributed by atoms with Crippen molar-refractivity contribution in [3.8, 4) is 5.75 Å². The molecule has 1 saturated heterocycles. The first-order valence-electron chi connectivity index (χ1n) is 8.61. The van der Waals surface area contributed by atoms with Crippen LogP contribution >= 0.6 is 0 Å². The first-order chi connectivity index (χ1) is 12.5. The van der Waals surface area contributed by atoms with E-state index in [4.69, 9.17) is 4.74 Å². The van der Waals surface area contributed by atoms with Crippen molar-refractivity contribution in [2.45, 2.75) is 13.3 Å². The summed E-state index contributed by atoms with van der Waals surface area (Å²) in [7, 11) is 1.61. The van der Waals surface area contributed by atoms with Gasteiger partial charge in [0.15, 0.2) is 0 Å². The number of carbonyl (C=O) groups excluding carboxylic acids is 2. The number of amides is 3. The van der Waals surface area contributed by atoms with Gasteiger partial charge in [0, 0.05) is 36.8 Å². The number of nitrogens with zero attached hydrogens (tertiary/aromatic N) is 1. The van der Waals surface area contributed by atoms with Gasteiger partial charge in [-0.2, -0.15) is 0 Å². The molecule has 0 radical (unpaired) electrons. The number of hydrogen-bond acceptors (Lipinski definition) is 3. The van der Waals surface area contributed by atoms with Crippen molar-refractivity contribution in [1.29, 1.82) is 0 Å². The van der Waals surface area contributed by atoms with Gasteiger partial charge in [0.05, 0.1) is 7.11 Å². The summed E-state index contributed by atoms with van der Waals surface area (Å²) in [4.78, 5) is 26.1. The second-order valence-corrected chi connectivity index (χ2v) is 6.48. The molecule has 2 aromatic carbocycles. The molecule has 1 aliphatic rings. The maximum atomic E-state index is 12.3. The highest BCUT2D eigenvalue weighted by atomic mass is 16.5. The van der Waals surface area contributed by atoms with E-state index in [2.05, 4.69) is 10.6 Å². The molecule has 1 fully saturated rings. The Kier molecular flexibility index (Phi) is 5.41. The van der Waals surface area contributed by atoms with E-state index in [0.717, 1.165) is 22.7 Å². The average Bonchev–Trinajstić information content (AvgIpc) is 3.01. The molecule has 136 valence electrons. The first-order valence-corrected chi connectivity index (χ1v) is 8.61. The van der Waals surface area contributed by atoms with Crippen LogP contribution in [0, 0.1) is 12.8 Å². The summed E-state index contributed by atoms with van der Waals surface area (Å²) in [5, 5.41) is 5.67. The maximum absolute atomic E-state index is 12.3. The van der Waals surface area contributed by atoms with E-state index in [1.807, 2.05) is 55.5 Å². The standard InChI is InChI=1S/C20H23N3O3/c1-14-4-3-5-16(10-14)22-20(25)21-12-15-11-19(24)23(13-15)17-6-8-18(26-2)9-7-17/h3-10,15H,11-13H2,1-2H3,(H2,21,22,25)/t15-/m0/s1. The molecule has 0 aromatic heterocycles. The van der Waals surface area contributed by atoms with Gasteiger partial charge >= 0.3 is 6.03 Å². The number of methoxy groups -OCH3 is 1. The van der Waals surface area contributed by atoms with E-state index in [9.17, 15) is 9.59 Å². The van der Waals surface area contributed by atoms with E-state index in [1.165, 1.54) is 0 Å². The Bertz CT molecular complexity index is 789.